The molecule has 0 aliphatic carbocycles. The van der Waals surface area contributed by atoms with Crippen molar-refractivity contribution >= 4 is 44.8 Å². The molecule has 19 heavy (non-hydrogen) atoms. The predicted octanol–water partition coefficient (Wildman–Crippen LogP) is 3.93. The van der Waals surface area contributed by atoms with Crippen LogP contribution in [-0.4, -0.2) is 15.0 Å². The van der Waals surface area contributed by atoms with Gasteiger partial charge < -0.3 is 5.32 Å². The zero-order valence-electron chi connectivity index (χ0n) is 9.82. The molecule has 3 aromatic heterocycles. The van der Waals surface area contributed by atoms with Crippen molar-refractivity contribution in [2.75, 3.05) is 5.32 Å². The Morgan fingerprint density at radius 3 is 2.89 bits per heavy atom. The summed E-state index contributed by atoms with van der Waals surface area (Å²) in [5.74, 6) is 0.683. The number of fused-ring (bicyclic) bond motifs is 1. The van der Waals surface area contributed by atoms with Crippen molar-refractivity contribution in [1.82, 2.24) is 15.0 Å². The van der Waals surface area contributed by atoms with Crippen molar-refractivity contribution in [3.05, 3.63) is 40.4 Å². The lowest BCUT2D eigenvalue weighted by atomic mass is 10.3. The molecule has 0 fully saturated rings. The van der Waals surface area contributed by atoms with Gasteiger partial charge in [0.25, 0.3) is 0 Å². The monoisotopic (exact) mass is 294 g/mol. The molecule has 0 saturated carbocycles. The molecule has 1 N–H and O–H groups in total. The lowest BCUT2D eigenvalue weighted by Crippen LogP contribution is -1.97. The maximum atomic E-state index is 12.8. The first-order chi connectivity index (χ1) is 9.11. The molecule has 0 aliphatic rings. The Kier molecular flexibility index (Phi) is 3.04. The lowest BCUT2D eigenvalue weighted by Gasteiger charge is -2.05. The average molecular weight is 295 g/mol. The Labute approximate surface area is 117 Å². The second-order valence-corrected chi connectivity index (χ2v) is 5.48. The molecular weight excluding hydrogens is 287 g/mol. The second kappa shape index (κ2) is 4.71. The predicted molar refractivity (Wildman–Crippen MR) is 74.6 cm³/mol. The van der Waals surface area contributed by atoms with Crippen LogP contribution in [0.25, 0.3) is 10.2 Å². The Balaban J connectivity index is 2.06. The van der Waals surface area contributed by atoms with Crippen LogP contribution in [0.3, 0.4) is 0 Å². The van der Waals surface area contributed by atoms with Crippen molar-refractivity contribution in [3.63, 3.8) is 0 Å². The van der Waals surface area contributed by atoms with Gasteiger partial charge in [0.1, 0.15) is 22.3 Å². The molecule has 0 bridgehead atoms. The highest BCUT2D eigenvalue weighted by Gasteiger charge is 2.10. The van der Waals surface area contributed by atoms with E-state index in [0.29, 0.717) is 11.6 Å². The van der Waals surface area contributed by atoms with E-state index in [9.17, 15) is 4.39 Å². The first-order valence-corrected chi connectivity index (χ1v) is 6.63. The molecule has 0 aliphatic heterocycles. The summed E-state index contributed by atoms with van der Waals surface area (Å²) >= 11 is 7.43. The van der Waals surface area contributed by atoms with Gasteiger partial charge in [-0.15, -0.1) is 11.3 Å². The molecule has 3 rings (SSSR count). The quantitative estimate of drug-likeness (QED) is 0.728. The van der Waals surface area contributed by atoms with Gasteiger partial charge in [0.05, 0.1) is 11.6 Å². The number of hydrogen-bond acceptors (Lipinski definition) is 5. The van der Waals surface area contributed by atoms with Crippen molar-refractivity contribution in [2.45, 2.75) is 6.92 Å². The zero-order chi connectivity index (χ0) is 13.4. The van der Waals surface area contributed by atoms with E-state index in [1.807, 2.05) is 13.0 Å². The summed E-state index contributed by atoms with van der Waals surface area (Å²) in [5.41, 5.74) is 0. The second-order valence-electron chi connectivity index (χ2n) is 3.90. The minimum atomic E-state index is -0.386. The molecule has 0 radical (unpaired) electrons. The Morgan fingerprint density at radius 1 is 1.32 bits per heavy atom. The minimum absolute atomic E-state index is 0.166. The summed E-state index contributed by atoms with van der Waals surface area (Å²) in [5, 5.41) is 4.06. The number of pyridine rings is 1. The number of halogens is 2. The van der Waals surface area contributed by atoms with Crippen LogP contribution in [0.15, 0.2) is 24.4 Å². The van der Waals surface area contributed by atoms with Crippen LogP contribution in [-0.2, 0) is 0 Å². The SMILES string of the molecule is Cc1cc2c(Nc3ccc(F)cn3)nc(Cl)nc2s1. The molecule has 0 unspecified atom stereocenters. The molecule has 0 amide bonds. The Hall–Kier alpha value is -1.79. The number of aryl methyl sites for hydroxylation is 1. The number of rotatable bonds is 2. The Bertz CT molecular complexity index is 741. The fourth-order valence-electron chi connectivity index (χ4n) is 1.68. The smallest absolute Gasteiger partial charge is 0.225 e. The third-order valence-electron chi connectivity index (χ3n) is 2.46. The van der Waals surface area contributed by atoms with Crippen molar-refractivity contribution in [1.29, 1.82) is 0 Å². The van der Waals surface area contributed by atoms with Crippen LogP contribution >= 0.6 is 22.9 Å². The standard InChI is InChI=1S/C12H8ClFN4S/c1-6-4-8-10(17-12(13)18-11(8)19-6)16-9-3-2-7(14)5-15-9/h2-5H,1H3,(H,15,16,17,18). The summed E-state index contributed by atoms with van der Waals surface area (Å²) in [6, 6.07) is 4.84. The van der Waals surface area contributed by atoms with Gasteiger partial charge in [0.15, 0.2) is 0 Å². The normalized spacial score (nSPS) is 10.9. The molecule has 0 spiro atoms. The number of hydrogen-bond donors (Lipinski definition) is 1. The molecule has 7 heteroatoms. The number of thiophene rings is 1. The summed E-state index contributed by atoms with van der Waals surface area (Å²) in [6.45, 7) is 1.99. The molecule has 0 aromatic carbocycles. The van der Waals surface area contributed by atoms with Gasteiger partial charge >= 0.3 is 0 Å². The van der Waals surface area contributed by atoms with E-state index in [2.05, 4.69) is 20.3 Å². The van der Waals surface area contributed by atoms with Gasteiger partial charge in [-0.2, -0.15) is 4.98 Å². The first-order valence-electron chi connectivity index (χ1n) is 5.44. The van der Waals surface area contributed by atoms with Gasteiger partial charge in [0.2, 0.25) is 5.28 Å². The van der Waals surface area contributed by atoms with E-state index in [4.69, 9.17) is 11.6 Å². The first kappa shape index (κ1) is 12.3. The third-order valence-corrected chi connectivity index (χ3v) is 3.58. The van der Waals surface area contributed by atoms with Crippen molar-refractivity contribution < 1.29 is 4.39 Å². The number of aromatic nitrogens is 3. The number of nitrogens with one attached hydrogen (secondary N) is 1. The van der Waals surface area contributed by atoms with Crippen LogP contribution in [0.5, 0.6) is 0 Å². The van der Waals surface area contributed by atoms with E-state index in [0.717, 1.165) is 21.3 Å². The third kappa shape index (κ3) is 2.50. The fraction of sp³-hybridized carbons (Fsp3) is 0.0833. The number of nitrogens with zero attached hydrogens (tertiary/aromatic N) is 3. The van der Waals surface area contributed by atoms with Gasteiger partial charge in [0, 0.05) is 4.88 Å². The zero-order valence-corrected chi connectivity index (χ0v) is 11.4. The lowest BCUT2D eigenvalue weighted by molar-refractivity contribution is 0.622. The largest absolute Gasteiger partial charge is 0.324 e. The molecule has 4 nitrogen and oxygen atoms in total. The van der Waals surface area contributed by atoms with Crippen LogP contribution in [0.2, 0.25) is 5.28 Å². The number of anilines is 2. The summed E-state index contributed by atoms with van der Waals surface area (Å²) in [7, 11) is 0. The van der Waals surface area contributed by atoms with Crippen molar-refractivity contribution in [3.8, 4) is 0 Å². The summed E-state index contributed by atoms with van der Waals surface area (Å²) in [6.07, 6.45) is 1.14. The van der Waals surface area contributed by atoms with Gasteiger partial charge in [-0.25, -0.2) is 14.4 Å². The maximum absolute atomic E-state index is 12.8. The van der Waals surface area contributed by atoms with Gasteiger partial charge in [-0.1, -0.05) is 0 Å². The van der Waals surface area contributed by atoms with Gasteiger partial charge in [-0.3, -0.25) is 0 Å². The van der Waals surface area contributed by atoms with Crippen LogP contribution in [0.4, 0.5) is 16.0 Å². The van der Waals surface area contributed by atoms with Crippen LogP contribution < -0.4 is 5.32 Å². The Morgan fingerprint density at radius 2 is 2.16 bits per heavy atom. The van der Waals surface area contributed by atoms with Gasteiger partial charge in [-0.05, 0) is 36.7 Å². The highest BCUT2D eigenvalue weighted by atomic mass is 35.5. The van der Waals surface area contributed by atoms with Crippen LogP contribution in [0, 0.1) is 12.7 Å². The highest BCUT2D eigenvalue weighted by molar-refractivity contribution is 7.18. The molecule has 3 heterocycles. The van der Waals surface area contributed by atoms with E-state index >= 15 is 0 Å². The summed E-state index contributed by atoms with van der Waals surface area (Å²) < 4.78 is 12.8. The summed E-state index contributed by atoms with van der Waals surface area (Å²) in [4.78, 5) is 14.2. The van der Waals surface area contributed by atoms with E-state index in [1.54, 1.807) is 0 Å². The molecular formula is C12H8ClFN4S. The topological polar surface area (TPSA) is 50.7 Å². The van der Waals surface area contributed by atoms with Crippen LogP contribution in [0.1, 0.15) is 4.88 Å². The van der Waals surface area contributed by atoms with Crippen molar-refractivity contribution in [2.24, 2.45) is 0 Å². The maximum Gasteiger partial charge on any atom is 0.225 e. The fourth-order valence-corrected chi connectivity index (χ4v) is 2.78. The molecule has 96 valence electrons. The molecule has 3 aromatic rings. The molecule has 0 atom stereocenters. The average Bonchev–Trinajstić information content (AvgIpc) is 2.72. The minimum Gasteiger partial charge on any atom is -0.324 e. The van der Waals surface area contributed by atoms with E-state index in [1.165, 1.54) is 23.5 Å². The molecule has 0 saturated heterocycles. The van der Waals surface area contributed by atoms with E-state index in [-0.39, 0.29) is 11.1 Å². The van der Waals surface area contributed by atoms with E-state index < -0.39 is 0 Å². The highest BCUT2D eigenvalue weighted by Crippen LogP contribution is 2.30.